The van der Waals surface area contributed by atoms with Crippen LogP contribution in [-0.2, 0) is 0 Å². The van der Waals surface area contributed by atoms with E-state index in [1.807, 2.05) is 0 Å². The largest absolute Gasteiger partial charge is 0.411 e. The highest BCUT2D eigenvalue weighted by molar-refractivity contribution is 5.55. The van der Waals surface area contributed by atoms with Crippen LogP contribution in [-0.4, -0.2) is 11.4 Å². The van der Waals surface area contributed by atoms with Gasteiger partial charge < -0.3 is 5.21 Å². The smallest absolute Gasteiger partial charge is 0.104 e. The predicted molar refractivity (Wildman–Crippen MR) is 28.7 cm³/mol. The summed E-state index contributed by atoms with van der Waals surface area (Å²) in [4.78, 5) is 0. The van der Waals surface area contributed by atoms with Gasteiger partial charge in [-0.05, 0) is 12.8 Å². The molecule has 0 saturated carbocycles. The van der Waals surface area contributed by atoms with Crippen LogP contribution in [0.4, 0.5) is 0 Å². The van der Waals surface area contributed by atoms with Crippen LogP contribution >= 0.6 is 0 Å². The van der Waals surface area contributed by atoms with E-state index in [1.165, 1.54) is 0 Å². The van der Waals surface area contributed by atoms with Gasteiger partial charge in [-0.15, -0.1) is 0 Å². The SMILES string of the molecule is CCCC/[C]=N\O. The summed E-state index contributed by atoms with van der Waals surface area (Å²) >= 11 is 0. The first-order chi connectivity index (χ1) is 3.41. The molecule has 0 saturated heterocycles. The summed E-state index contributed by atoms with van der Waals surface area (Å²) in [5, 5.41) is 10.5. The van der Waals surface area contributed by atoms with Crippen molar-refractivity contribution in [1.29, 1.82) is 0 Å². The fourth-order valence-electron chi connectivity index (χ4n) is 0.306. The molecule has 0 atom stereocenters. The second kappa shape index (κ2) is 5.47. The molecule has 7 heavy (non-hydrogen) atoms. The quantitative estimate of drug-likeness (QED) is 0.248. The fourth-order valence-corrected chi connectivity index (χ4v) is 0.306. The van der Waals surface area contributed by atoms with Crippen molar-refractivity contribution < 1.29 is 5.21 Å². The predicted octanol–water partition coefficient (Wildman–Crippen LogP) is 1.51. The Morgan fingerprint density at radius 3 is 2.86 bits per heavy atom. The molecule has 0 aromatic rings. The van der Waals surface area contributed by atoms with Gasteiger partial charge in [0, 0.05) is 0 Å². The molecule has 0 aliphatic heterocycles. The zero-order valence-electron chi connectivity index (χ0n) is 4.52. The molecule has 0 rings (SSSR count). The Morgan fingerprint density at radius 2 is 2.43 bits per heavy atom. The van der Waals surface area contributed by atoms with Crippen LogP contribution in [0.1, 0.15) is 26.2 Å². The van der Waals surface area contributed by atoms with Gasteiger partial charge in [0.2, 0.25) is 0 Å². The van der Waals surface area contributed by atoms with Gasteiger partial charge >= 0.3 is 0 Å². The van der Waals surface area contributed by atoms with E-state index in [1.54, 1.807) is 0 Å². The zero-order valence-corrected chi connectivity index (χ0v) is 4.52. The van der Waals surface area contributed by atoms with Crippen molar-refractivity contribution in [3.63, 3.8) is 0 Å². The first-order valence-electron chi connectivity index (χ1n) is 2.48. The summed E-state index contributed by atoms with van der Waals surface area (Å²) in [6.45, 7) is 2.08. The van der Waals surface area contributed by atoms with Crippen molar-refractivity contribution >= 4 is 6.21 Å². The van der Waals surface area contributed by atoms with Gasteiger partial charge in [0.15, 0.2) is 0 Å². The van der Waals surface area contributed by atoms with Crippen LogP contribution < -0.4 is 0 Å². The number of unbranched alkanes of at least 4 members (excludes halogenated alkanes) is 2. The topological polar surface area (TPSA) is 32.6 Å². The number of hydrogen-bond donors (Lipinski definition) is 1. The Labute approximate surface area is 43.8 Å². The lowest BCUT2D eigenvalue weighted by Crippen LogP contribution is -1.72. The van der Waals surface area contributed by atoms with Crippen molar-refractivity contribution in [2.24, 2.45) is 5.16 Å². The van der Waals surface area contributed by atoms with E-state index < -0.39 is 0 Å². The summed E-state index contributed by atoms with van der Waals surface area (Å²) < 4.78 is 0. The zero-order chi connectivity index (χ0) is 5.54. The molecular formula is C5H10NO. The Balaban J connectivity index is 2.69. The minimum atomic E-state index is 0.771. The minimum Gasteiger partial charge on any atom is -0.411 e. The van der Waals surface area contributed by atoms with E-state index in [-0.39, 0.29) is 0 Å². The van der Waals surface area contributed by atoms with Crippen molar-refractivity contribution in [2.45, 2.75) is 26.2 Å². The molecule has 2 heteroatoms. The maximum absolute atomic E-state index is 7.81. The summed E-state index contributed by atoms with van der Waals surface area (Å²) in [5.74, 6) is 0. The van der Waals surface area contributed by atoms with E-state index >= 15 is 0 Å². The Bertz CT molecular complexity index is 52.0. The first-order valence-corrected chi connectivity index (χ1v) is 2.48. The van der Waals surface area contributed by atoms with Gasteiger partial charge in [0.05, 0.1) is 0 Å². The highest BCUT2D eigenvalue weighted by Gasteiger charge is 1.76. The molecule has 2 nitrogen and oxygen atoms in total. The third kappa shape index (κ3) is 5.47. The molecule has 0 aliphatic rings. The van der Waals surface area contributed by atoms with Crippen molar-refractivity contribution in [3.8, 4) is 0 Å². The van der Waals surface area contributed by atoms with Gasteiger partial charge in [0.25, 0.3) is 0 Å². The molecular weight excluding hydrogens is 90.1 g/mol. The standard InChI is InChI=1S/C5H10NO/c1-2-3-4-5-6-7/h7H,2-4H2,1H3. The van der Waals surface area contributed by atoms with Gasteiger partial charge in [0.1, 0.15) is 6.21 Å². The summed E-state index contributed by atoms with van der Waals surface area (Å²) in [5.41, 5.74) is 0. The Kier molecular flexibility index (Phi) is 5.06. The average Bonchev–Trinajstić information content (AvgIpc) is 1.69. The van der Waals surface area contributed by atoms with Crippen molar-refractivity contribution in [1.82, 2.24) is 0 Å². The van der Waals surface area contributed by atoms with E-state index in [0.717, 1.165) is 19.3 Å². The number of hydrogen-bond acceptors (Lipinski definition) is 2. The molecule has 0 heterocycles. The lowest BCUT2D eigenvalue weighted by atomic mass is 10.3. The monoisotopic (exact) mass is 100 g/mol. The number of rotatable bonds is 3. The first kappa shape index (κ1) is 6.47. The van der Waals surface area contributed by atoms with Gasteiger partial charge in [-0.2, -0.15) is 0 Å². The van der Waals surface area contributed by atoms with Crippen LogP contribution in [0.5, 0.6) is 0 Å². The maximum Gasteiger partial charge on any atom is 0.104 e. The van der Waals surface area contributed by atoms with Crippen molar-refractivity contribution in [2.75, 3.05) is 0 Å². The van der Waals surface area contributed by atoms with E-state index in [9.17, 15) is 0 Å². The van der Waals surface area contributed by atoms with Crippen LogP contribution in [0.25, 0.3) is 0 Å². The third-order valence-corrected chi connectivity index (χ3v) is 0.713. The third-order valence-electron chi connectivity index (χ3n) is 0.713. The van der Waals surface area contributed by atoms with Crippen LogP contribution in [0, 0.1) is 0 Å². The summed E-state index contributed by atoms with van der Waals surface area (Å²) in [6, 6.07) is 0. The molecule has 0 bridgehead atoms. The molecule has 1 radical (unpaired) electrons. The molecule has 0 unspecified atom stereocenters. The Morgan fingerprint density at radius 1 is 1.71 bits per heavy atom. The molecule has 0 aromatic carbocycles. The summed E-state index contributed by atoms with van der Waals surface area (Å²) in [7, 11) is 0. The average molecular weight is 100 g/mol. The lowest BCUT2D eigenvalue weighted by Gasteiger charge is -1.81. The van der Waals surface area contributed by atoms with E-state index in [4.69, 9.17) is 5.21 Å². The van der Waals surface area contributed by atoms with Gasteiger partial charge in [-0.25, -0.2) is 0 Å². The minimum absolute atomic E-state index is 0.771. The van der Waals surface area contributed by atoms with Crippen LogP contribution in [0.3, 0.4) is 0 Å². The van der Waals surface area contributed by atoms with E-state index in [0.29, 0.717) is 0 Å². The fraction of sp³-hybridized carbons (Fsp3) is 0.800. The molecule has 0 aliphatic carbocycles. The second-order valence-electron chi connectivity index (χ2n) is 1.36. The molecule has 1 N–H and O–H groups in total. The van der Waals surface area contributed by atoms with Gasteiger partial charge in [-0.1, -0.05) is 18.5 Å². The molecule has 41 valence electrons. The Hall–Kier alpha value is -0.530. The summed E-state index contributed by atoms with van der Waals surface area (Å²) in [6.07, 6.45) is 5.39. The highest BCUT2D eigenvalue weighted by Crippen LogP contribution is 1.88. The number of nitrogens with zero attached hydrogens (tertiary/aromatic N) is 1. The van der Waals surface area contributed by atoms with Crippen LogP contribution in [0.2, 0.25) is 0 Å². The maximum atomic E-state index is 7.81. The molecule has 0 amide bonds. The normalized spacial score (nSPS) is 10.4. The lowest BCUT2D eigenvalue weighted by molar-refractivity contribution is 0.320. The van der Waals surface area contributed by atoms with Crippen molar-refractivity contribution in [3.05, 3.63) is 0 Å². The molecule has 0 aromatic heterocycles. The highest BCUT2D eigenvalue weighted by atomic mass is 16.4. The molecule has 0 fully saturated rings. The van der Waals surface area contributed by atoms with Crippen LogP contribution in [0.15, 0.2) is 5.16 Å². The van der Waals surface area contributed by atoms with E-state index in [2.05, 4.69) is 18.3 Å². The second-order valence-corrected chi connectivity index (χ2v) is 1.36. The molecule has 0 spiro atoms. The van der Waals surface area contributed by atoms with Gasteiger partial charge in [-0.3, -0.25) is 0 Å².